The van der Waals surface area contributed by atoms with Gasteiger partial charge in [0.05, 0.1) is 6.61 Å². The van der Waals surface area contributed by atoms with Gasteiger partial charge in [-0.05, 0) is 31.6 Å². The predicted octanol–water partition coefficient (Wildman–Crippen LogP) is 1.05. The normalized spacial score (nSPS) is 17.7. The molecule has 0 aromatic carbocycles. The summed E-state index contributed by atoms with van der Waals surface area (Å²) >= 11 is 0. The van der Waals surface area contributed by atoms with E-state index in [1.807, 2.05) is 0 Å². The molecule has 0 spiro atoms. The molecule has 1 fully saturated rings. The Hall–Kier alpha value is -0.610. The van der Waals surface area contributed by atoms with Gasteiger partial charge in [0.15, 0.2) is 0 Å². The number of nitrogens with two attached hydrogens (primary N) is 1. The molecule has 4 nitrogen and oxygen atoms in total. The summed E-state index contributed by atoms with van der Waals surface area (Å²) in [5.41, 5.74) is 5.29. The van der Waals surface area contributed by atoms with Gasteiger partial charge in [-0.15, -0.1) is 0 Å². The number of amides is 1. The summed E-state index contributed by atoms with van der Waals surface area (Å²) in [6.07, 6.45) is 4.51. The number of rotatable bonds is 9. The number of hydrogen-bond donors (Lipinski definition) is 2. The summed E-state index contributed by atoms with van der Waals surface area (Å²) < 4.78 is 5.47. The molecular formula is C12H24N2O2. The van der Waals surface area contributed by atoms with Crippen LogP contribution in [0.3, 0.4) is 0 Å². The molecule has 0 aliphatic heterocycles. The minimum absolute atomic E-state index is 0.309. The van der Waals surface area contributed by atoms with Gasteiger partial charge < -0.3 is 15.8 Å². The van der Waals surface area contributed by atoms with Gasteiger partial charge in [0, 0.05) is 12.6 Å². The molecule has 3 N–H and O–H groups in total. The average molecular weight is 228 g/mol. The fourth-order valence-electron chi connectivity index (χ4n) is 1.54. The standard InChI is InChI=1S/C12H24N2O2/c1-9(2)4-3-7-16-8-11(12(13)15)14-10-5-6-10/h9-11,14H,3-8H2,1-2H3,(H2,13,15). The van der Waals surface area contributed by atoms with Gasteiger partial charge >= 0.3 is 0 Å². The quantitative estimate of drug-likeness (QED) is 0.580. The Kier molecular flexibility index (Phi) is 5.77. The highest BCUT2D eigenvalue weighted by atomic mass is 16.5. The molecule has 1 aliphatic rings. The molecule has 0 aromatic heterocycles. The summed E-state index contributed by atoms with van der Waals surface area (Å²) in [7, 11) is 0. The van der Waals surface area contributed by atoms with Gasteiger partial charge in [0.25, 0.3) is 0 Å². The van der Waals surface area contributed by atoms with Crippen molar-refractivity contribution < 1.29 is 9.53 Å². The highest BCUT2D eigenvalue weighted by Gasteiger charge is 2.27. The molecule has 0 heterocycles. The maximum absolute atomic E-state index is 11.1. The van der Waals surface area contributed by atoms with E-state index < -0.39 is 0 Å². The van der Waals surface area contributed by atoms with Crippen LogP contribution in [0.2, 0.25) is 0 Å². The molecule has 1 rings (SSSR count). The lowest BCUT2D eigenvalue weighted by atomic mass is 10.1. The van der Waals surface area contributed by atoms with Crippen molar-refractivity contribution in [2.45, 2.75) is 51.6 Å². The highest BCUT2D eigenvalue weighted by Crippen LogP contribution is 2.19. The highest BCUT2D eigenvalue weighted by molar-refractivity contribution is 5.80. The smallest absolute Gasteiger partial charge is 0.236 e. The molecule has 94 valence electrons. The third-order valence-corrected chi connectivity index (χ3v) is 2.71. The van der Waals surface area contributed by atoms with Gasteiger partial charge in [0.1, 0.15) is 6.04 Å². The molecule has 1 amide bonds. The Balaban J connectivity index is 2.05. The van der Waals surface area contributed by atoms with Crippen LogP contribution in [0.1, 0.15) is 39.5 Å². The van der Waals surface area contributed by atoms with Gasteiger partial charge in [-0.1, -0.05) is 13.8 Å². The first-order valence-corrected chi connectivity index (χ1v) is 6.22. The van der Waals surface area contributed by atoms with Crippen molar-refractivity contribution in [3.05, 3.63) is 0 Å². The molecule has 4 heteroatoms. The van der Waals surface area contributed by atoms with Gasteiger partial charge in [-0.3, -0.25) is 4.79 Å². The molecular weight excluding hydrogens is 204 g/mol. The molecule has 1 atom stereocenters. The fraction of sp³-hybridized carbons (Fsp3) is 0.917. The van der Waals surface area contributed by atoms with Crippen LogP contribution in [-0.2, 0) is 9.53 Å². The van der Waals surface area contributed by atoms with Crippen LogP contribution in [0.4, 0.5) is 0 Å². The van der Waals surface area contributed by atoms with Crippen LogP contribution in [0.15, 0.2) is 0 Å². The minimum atomic E-state index is -0.313. The summed E-state index contributed by atoms with van der Waals surface area (Å²) in [4.78, 5) is 11.1. The molecule has 0 aromatic rings. The summed E-state index contributed by atoms with van der Waals surface area (Å²) in [5, 5.41) is 3.19. The second kappa shape index (κ2) is 6.86. The van der Waals surface area contributed by atoms with Crippen molar-refractivity contribution in [3.8, 4) is 0 Å². The van der Waals surface area contributed by atoms with E-state index in [2.05, 4.69) is 19.2 Å². The first-order chi connectivity index (χ1) is 7.59. The first-order valence-electron chi connectivity index (χ1n) is 6.22. The Morgan fingerprint density at radius 1 is 1.50 bits per heavy atom. The van der Waals surface area contributed by atoms with Crippen LogP contribution in [0.25, 0.3) is 0 Å². The number of primary amides is 1. The second-order valence-electron chi connectivity index (χ2n) is 5.01. The lowest BCUT2D eigenvalue weighted by Gasteiger charge is -2.15. The van der Waals surface area contributed by atoms with Crippen LogP contribution < -0.4 is 11.1 Å². The number of carbonyl (C=O) groups is 1. The van der Waals surface area contributed by atoms with Crippen molar-refractivity contribution in [1.82, 2.24) is 5.32 Å². The maximum Gasteiger partial charge on any atom is 0.236 e. The van der Waals surface area contributed by atoms with Crippen molar-refractivity contribution in [2.24, 2.45) is 11.7 Å². The van der Waals surface area contributed by atoms with E-state index in [1.165, 1.54) is 0 Å². The average Bonchev–Trinajstić information content (AvgIpc) is 2.98. The van der Waals surface area contributed by atoms with Crippen LogP contribution in [0, 0.1) is 5.92 Å². The van der Waals surface area contributed by atoms with E-state index in [-0.39, 0.29) is 11.9 Å². The predicted molar refractivity (Wildman–Crippen MR) is 64.0 cm³/mol. The maximum atomic E-state index is 11.1. The van der Waals surface area contributed by atoms with E-state index in [1.54, 1.807) is 0 Å². The Bertz CT molecular complexity index is 215. The Labute approximate surface area is 97.9 Å². The summed E-state index contributed by atoms with van der Waals surface area (Å²) in [6, 6.07) is 0.170. The largest absolute Gasteiger partial charge is 0.379 e. The van der Waals surface area contributed by atoms with Crippen molar-refractivity contribution in [1.29, 1.82) is 0 Å². The molecule has 16 heavy (non-hydrogen) atoms. The number of nitrogens with one attached hydrogen (secondary N) is 1. The van der Waals surface area contributed by atoms with Crippen LogP contribution in [0.5, 0.6) is 0 Å². The zero-order valence-electron chi connectivity index (χ0n) is 10.4. The lowest BCUT2D eigenvalue weighted by Crippen LogP contribution is -2.45. The molecule has 0 saturated heterocycles. The molecule has 1 aliphatic carbocycles. The third-order valence-electron chi connectivity index (χ3n) is 2.71. The van der Waals surface area contributed by atoms with Gasteiger partial charge in [-0.2, -0.15) is 0 Å². The number of hydrogen-bond acceptors (Lipinski definition) is 3. The van der Waals surface area contributed by atoms with Gasteiger partial charge in [-0.25, -0.2) is 0 Å². The second-order valence-corrected chi connectivity index (χ2v) is 5.01. The molecule has 1 unspecified atom stereocenters. The van der Waals surface area contributed by atoms with Gasteiger partial charge in [0.2, 0.25) is 5.91 Å². The third kappa shape index (κ3) is 6.08. The Morgan fingerprint density at radius 3 is 2.69 bits per heavy atom. The molecule has 0 bridgehead atoms. The SMILES string of the molecule is CC(C)CCCOCC(NC1CC1)C(N)=O. The zero-order chi connectivity index (χ0) is 12.0. The van der Waals surface area contributed by atoms with E-state index in [0.717, 1.165) is 25.7 Å². The van der Waals surface area contributed by atoms with Crippen molar-refractivity contribution in [2.75, 3.05) is 13.2 Å². The zero-order valence-corrected chi connectivity index (χ0v) is 10.4. The van der Waals surface area contributed by atoms with E-state index in [0.29, 0.717) is 25.2 Å². The minimum Gasteiger partial charge on any atom is -0.379 e. The van der Waals surface area contributed by atoms with Crippen molar-refractivity contribution >= 4 is 5.91 Å². The van der Waals surface area contributed by atoms with Crippen LogP contribution >= 0.6 is 0 Å². The fourth-order valence-corrected chi connectivity index (χ4v) is 1.54. The number of ether oxygens (including phenoxy) is 1. The number of carbonyl (C=O) groups excluding carboxylic acids is 1. The van der Waals surface area contributed by atoms with E-state index in [4.69, 9.17) is 10.5 Å². The Morgan fingerprint density at radius 2 is 2.19 bits per heavy atom. The van der Waals surface area contributed by atoms with E-state index in [9.17, 15) is 4.79 Å². The first kappa shape index (κ1) is 13.5. The van der Waals surface area contributed by atoms with E-state index >= 15 is 0 Å². The topological polar surface area (TPSA) is 64.3 Å². The monoisotopic (exact) mass is 228 g/mol. The lowest BCUT2D eigenvalue weighted by molar-refractivity contribution is -0.121. The van der Waals surface area contributed by atoms with Crippen molar-refractivity contribution in [3.63, 3.8) is 0 Å². The summed E-state index contributed by atoms with van der Waals surface area (Å²) in [5.74, 6) is 0.399. The summed E-state index contributed by atoms with van der Waals surface area (Å²) in [6.45, 7) is 5.51. The molecule has 0 radical (unpaired) electrons. The molecule has 1 saturated carbocycles. The van der Waals surface area contributed by atoms with Crippen LogP contribution in [-0.4, -0.2) is 31.2 Å².